The number of benzene rings is 2. The number of nitrogens with one attached hydrogen (secondary N) is 1. The van der Waals surface area contributed by atoms with E-state index in [4.69, 9.17) is 27.9 Å². The van der Waals surface area contributed by atoms with Crippen LogP contribution in [-0.4, -0.2) is 18.3 Å². The fourth-order valence-corrected chi connectivity index (χ4v) is 2.84. The lowest BCUT2D eigenvalue weighted by atomic mass is 10.1. The summed E-state index contributed by atoms with van der Waals surface area (Å²) in [5, 5.41) is 14.5. The van der Waals surface area contributed by atoms with Crippen molar-refractivity contribution in [3.8, 4) is 5.75 Å². The number of aliphatic hydroxyl groups is 1. The van der Waals surface area contributed by atoms with Gasteiger partial charge in [0.1, 0.15) is 5.75 Å². The van der Waals surface area contributed by atoms with Gasteiger partial charge in [0.05, 0.1) is 17.7 Å². The number of hydrogen-bond donors (Lipinski definition) is 2. The molecule has 0 bridgehead atoms. The van der Waals surface area contributed by atoms with E-state index in [1.807, 2.05) is 43.3 Å². The number of halogens is 2. The first-order valence-electron chi connectivity index (χ1n) is 7.66. The highest BCUT2D eigenvalue weighted by molar-refractivity contribution is 6.35. The maximum absolute atomic E-state index is 10.2. The van der Waals surface area contributed by atoms with Crippen LogP contribution >= 0.6 is 23.2 Å². The Balaban J connectivity index is 1.99. The topological polar surface area (TPSA) is 41.5 Å². The zero-order valence-electron chi connectivity index (χ0n) is 13.1. The van der Waals surface area contributed by atoms with E-state index in [2.05, 4.69) is 5.32 Å². The second-order valence-corrected chi connectivity index (χ2v) is 6.13. The van der Waals surface area contributed by atoms with Crippen molar-refractivity contribution in [3.63, 3.8) is 0 Å². The molecule has 0 aliphatic rings. The average Bonchev–Trinajstić information content (AvgIpc) is 2.54. The summed E-state index contributed by atoms with van der Waals surface area (Å²) in [6, 6.07) is 13.1. The standard InChI is InChI=1S/C18H21Cl2NO2/c1-2-8-23-18-14(9-15(19)10-16(18)20)11-21-12-17(22)13-6-4-3-5-7-13/h3-7,9-10,17,21-22H,2,8,11-12H2,1H3. The van der Waals surface area contributed by atoms with Crippen LogP contribution in [0.1, 0.15) is 30.6 Å². The van der Waals surface area contributed by atoms with E-state index in [9.17, 15) is 5.11 Å². The first kappa shape index (κ1) is 18.1. The maximum Gasteiger partial charge on any atom is 0.142 e. The molecule has 0 aliphatic heterocycles. The Morgan fingerprint density at radius 3 is 2.61 bits per heavy atom. The van der Waals surface area contributed by atoms with Gasteiger partial charge in [0.15, 0.2) is 0 Å². The van der Waals surface area contributed by atoms with E-state index >= 15 is 0 Å². The lowest BCUT2D eigenvalue weighted by Crippen LogP contribution is -2.21. The van der Waals surface area contributed by atoms with Gasteiger partial charge >= 0.3 is 0 Å². The Morgan fingerprint density at radius 2 is 1.91 bits per heavy atom. The van der Waals surface area contributed by atoms with Crippen LogP contribution in [-0.2, 0) is 6.54 Å². The quantitative estimate of drug-likeness (QED) is 0.728. The molecule has 0 aliphatic carbocycles. The lowest BCUT2D eigenvalue weighted by molar-refractivity contribution is 0.174. The minimum Gasteiger partial charge on any atom is -0.492 e. The van der Waals surface area contributed by atoms with Crippen LogP contribution in [0.3, 0.4) is 0 Å². The van der Waals surface area contributed by atoms with E-state index in [1.54, 1.807) is 6.07 Å². The molecule has 0 spiro atoms. The van der Waals surface area contributed by atoms with Crippen LogP contribution in [0.4, 0.5) is 0 Å². The number of rotatable bonds is 8. The molecular weight excluding hydrogens is 333 g/mol. The van der Waals surface area contributed by atoms with Gasteiger partial charge in [0.2, 0.25) is 0 Å². The molecule has 1 unspecified atom stereocenters. The van der Waals surface area contributed by atoms with Gasteiger partial charge in [-0.05, 0) is 24.1 Å². The molecule has 2 aromatic carbocycles. The number of aliphatic hydroxyl groups excluding tert-OH is 1. The van der Waals surface area contributed by atoms with Crippen molar-refractivity contribution < 1.29 is 9.84 Å². The van der Waals surface area contributed by atoms with E-state index < -0.39 is 6.10 Å². The molecule has 1 atom stereocenters. The van der Waals surface area contributed by atoms with Gasteiger partial charge in [-0.3, -0.25) is 0 Å². The Bertz CT molecular complexity index is 620. The molecule has 0 heterocycles. The highest BCUT2D eigenvalue weighted by Gasteiger charge is 2.12. The predicted octanol–water partition coefficient (Wildman–Crippen LogP) is 4.61. The smallest absolute Gasteiger partial charge is 0.142 e. The van der Waals surface area contributed by atoms with Gasteiger partial charge in [0.25, 0.3) is 0 Å². The maximum atomic E-state index is 10.2. The summed E-state index contributed by atoms with van der Waals surface area (Å²) in [5.41, 5.74) is 1.77. The summed E-state index contributed by atoms with van der Waals surface area (Å²) >= 11 is 12.3. The number of hydrogen-bond acceptors (Lipinski definition) is 3. The SMILES string of the molecule is CCCOc1c(Cl)cc(Cl)cc1CNCC(O)c1ccccc1. The van der Waals surface area contributed by atoms with Crippen LogP contribution in [0.5, 0.6) is 5.75 Å². The van der Waals surface area contributed by atoms with Gasteiger partial charge in [0, 0.05) is 23.7 Å². The second kappa shape index (κ2) is 9.14. The van der Waals surface area contributed by atoms with Crippen LogP contribution in [0.2, 0.25) is 10.0 Å². The molecular formula is C18H21Cl2NO2. The van der Waals surface area contributed by atoms with Gasteiger partial charge in [-0.2, -0.15) is 0 Å². The van der Waals surface area contributed by atoms with Crippen LogP contribution in [0, 0.1) is 0 Å². The molecule has 5 heteroatoms. The van der Waals surface area contributed by atoms with Crippen molar-refractivity contribution >= 4 is 23.2 Å². The van der Waals surface area contributed by atoms with Crippen molar-refractivity contribution in [1.29, 1.82) is 0 Å². The van der Waals surface area contributed by atoms with Crippen molar-refractivity contribution in [1.82, 2.24) is 5.32 Å². The Kier molecular flexibility index (Phi) is 7.18. The summed E-state index contributed by atoms with van der Waals surface area (Å²) in [4.78, 5) is 0. The molecule has 2 N–H and O–H groups in total. The van der Waals surface area contributed by atoms with Crippen LogP contribution < -0.4 is 10.1 Å². The third kappa shape index (κ3) is 5.40. The minimum absolute atomic E-state index is 0.432. The molecule has 0 saturated heterocycles. The first-order chi connectivity index (χ1) is 11.1. The largest absolute Gasteiger partial charge is 0.492 e. The highest BCUT2D eigenvalue weighted by Crippen LogP contribution is 2.32. The summed E-state index contributed by atoms with van der Waals surface area (Å²) in [6.45, 7) is 3.59. The molecule has 2 rings (SSSR count). The minimum atomic E-state index is -0.564. The highest BCUT2D eigenvalue weighted by atomic mass is 35.5. The van der Waals surface area contributed by atoms with Crippen molar-refractivity contribution in [3.05, 3.63) is 63.6 Å². The Morgan fingerprint density at radius 1 is 1.17 bits per heavy atom. The zero-order valence-corrected chi connectivity index (χ0v) is 14.6. The van der Waals surface area contributed by atoms with E-state index in [0.29, 0.717) is 35.5 Å². The van der Waals surface area contributed by atoms with Crippen LogP contribution in [0.15, 0.2) is 42.5 Å². The first-order valence-corrected chi connectivity index (χ1v) is 8.41. The van der Waals surface area contributed by atoms with E-state index in [0.717, 1.165) is 17.5 Å². The average molecular weight is 354 g/mol. The Labute approximate surface area is 147 Å². The predicted molar refractivity (Wildman–Crippen MR) is 95.4 cm³/mol. The Hall–Kier alpha value is -1.26. The molecule has 2 aromatic rings. The molecule has 3 nitrogen and oxygen atoms in total. The fraction of sp³-hybridized carbons (Fsp3) is 0.333. The summed E-state index contributed by atoms with van der Waals surface area (Å²) in [7, 11) is 0. The monoisotopic (exact) mass is 353 g/mol. The summed E-state index contributed by atoms with van der Waals surface area (Å²) in [5.74, 6) is 0.652. The third-order valence-electron chi connectivity index (χ3n) is 3.37. The normalized spacial score (nSPS) is 12.2. The molecule has 0 saturated carbocycles. The van der Waals surface area contributed by atoms with Crippen molar-refractivity contribution in [2.45, 2.75) is 26.0 Å². The van der Waals surface area contributed by atoms with Gasteiger partial charge in [-0.15, -0.1) is 0 Å². The summed E-state index contributed by atoms with van der Waals surface area (Å²) < 4.78 is 5.72. The molecule has 0 aromatic heterocycles. The fourth-order valence-electron chi connectivity index (χ4n) is 2.25. The van der Waals surface area contributed by atoms with Crippen molar-refractivity contribution in [2.24, 2.45) is 0 Å². The van der Waals surface area contributed by atoms with Crippen molar-refractivity contribution in [2.75, 3.05) is 13.2 Å². The van der Waals surface area contributed by atoms with E-state index in [-0.39, 0.29) is 0 Å². The van der Waals surface area contributed by atoms with Gasteiger partial charge in [-0.1, -0.05) is 60.5 Å². The molecule has 23 heavy (non-hydrogen) atoms. The van der Waals surface area contributed by atoms with Gasteiger partial charge in [-0.25, -0.2) is 0 Å². The summed E-state index contributed by atoms with van der Waals surface area (Å²) in [6.07, 6.45) is 0.337. The molecule has 0 amide bonds. The molecule has 0 radical (unpaired) electrons. The third-order valence-corrected chi connectivity index (χ3v) is 3.87. The molecule has 0 fully saturated rings. The van der Waals surface area contributed by atoms with Crippen LogP contribution in [0.25, 0.3) is 0 Å². The number of ether oxygens (including phenoxy) is 1. The lowest BCUT2D eigenvalue weighted by Gasteiger charge is -2.16. The zero-order chi connectivity index (χ0) is 16.7. The molecule has 124 valence electrons. The van der Waals surface area contributed by atoms with Gasteiger partial charge < -0.3 is 15.2 Å². The second-order valence-electron chi connectivity index (χ2n) is 5.28. The van der Waals surface area contributed by atoms with E-state index in [1.165, 1.54) is 0 Å².